The molecule has 1 aliphatic heterocycles. The highest BCUT2D eigenvalue weighted by Crippen LogP contribution is 2.28. The number of carbonyl (C=O) groups is 3. The summed E-state index contributed by atoms with van der Waals surface area (Å²) in [5, 5.41) is 4.09. The molecule has 3 amide bonds. The number of ether oxygens (including phenoxy) is 1. The van der Waals surface area contributed by atoms with Crippen LogP contribution in [0.2, 0.25) is 5.02 Å². The average Bonchev–Trinajstić information content (AvgIpc) is 2.66. The highest BCUT2D eigenvalue weighted by molar-refractivity contribution is 6.31. The lowest BCUT2D eigenvalue weighted by Gasteiger charge is -2.11. The number of nitrogens with zero attached hydrogens (tertiary/aromatic N) is 1. The zero-order valence-corrected chi connectivity index (χ0v) is 12.2. The highest BCUT2D eigenvalue weighted by Gasteiger charge is 2.38. The first kappa shape index (κ1) is 15.1. The van der Waals surface area contributed by atoms with E-state index in [2.05, 4.69) is 10.7 Å². The second-order valence-corrected chi connectivity index (χ2v) is 4.96. The number of anilines is 1. The Labute approximate surface area is 126 Å². The molecule has 1 atom stereocenters. The molecule has 112 valence electrons. The Hall–Kier alpha value is -2.28. The van der Waals surface area contributed by atoms with Gasteiger partial charge >= 0.3 is 0 Å². The van der Waals surface area contributed by atoms with Gasteiger partial charge in [-0.1, -0.05) is 11.6 Å². The fourth-order valence-electron chi connectivity index (χ4n) is 1.99. The Balaban J connectivity index is 2.07. The topological polar surface area (TPSA) is 87.7 Å². The van der Waals surface area contributed by atoms with Crippen LogP contribution in [0.15, 0.2) is 18.2 Å². The lowest BCUT2D eigenvalue weighted by molar-refractivity contribution is -0.134. The van der Waals surface area contributed by atoms with Gasteiger partial charge in [-0.3, -0.25) is 24.8 Å². The maximum absolute atomic E-state index is 12.0. The smallest absolute Gasteiger partial charge is 0.253 e. The molecule has 2 rings (SSSR count). The van der Waals surface area contributed by atoms with Crippen LogP contribution in [0.25, 0.3) is 0 Å². The number of hydrogen-bond donors (Lipinski definition) is 2. The molecule has 1 unspecified atom stereocenters. The molecule has 1 aromatic rings. The van der Waals surface area contributed by atoms with Crippen molar-refractivity contribution in [2.45, 2.75) is 6.42 Å². The van der Waals surface area contributed by atoms with Crippen LogP contribution in [0.4, 0.5) is 5.69 Å². The Bertz CT molecular complexity index is 605. The molecule has 7 nitrogen and oxygen atoms in total. The van der Waals surface area contributed by atoms with E-state index in [1.807, 2.05) is 0 Å². The van der Waals surface area contributed by atoms with Gasteiger partial charge in [0.15, 0.2) is 0 Å². The van der Waals surface area contributed by atoms with Crippen molar-refractivity contribution in [2.24, 2.45) is 5.92 Å². The van der Waals surface area contributed by atoms with Crippen LogP contribution in [0, 0.1) is 5.92 Å². The molecule has 0 saturated carbocycles. The number of halogens is 1. The van der Waals surface area contributed by atoms with E-state index in [1.54, 1.807) is 12.1 Å². The van der Waals surface area contributed by atoms with E-state index in [1.165, 1.54) is 20.2 Å². The molecule has 8 heteroatoms. The van der Waals surface area contributed by atoms with Crippen LogP contribution in [-0.4, -0.2) is 36.9 Å². The summed E-state index contributed by atoms with van der Waals surface area (Å²) in [6.45, 7) is 0. The molecule has 1 aromatic carbocycles. The summed E-state index contributed by atoms with van der Waals surface area (Å²) in [6, 6.07) is 4.76. The van der Waals surface area contributed by atoms with E-state index < -0.39 is 23.6 Å². The van der Waals surface area contributed by atoms with E-state index in [-0.39, 0.29) is 6.42 Å². The number of carbonyl (C=O) groups excluding carboxylic acids is 3. The van der Waals surface area contributed by atoms with Gasteiger partial charge in [-0.25, -0.2) is 0 Å². The first-order valence-electron chi connectivity index (χ1n) is 6.14. The monoisotopic (exact) mass is 311 g/mol. The number of hydrazine groups is 1. The van der Waals surface area contributed by atoms with Crippen molar-refractivity contribution in [2.75, 3.05) is 19.5 Å². The summed E-state index contributed by atoms with van der Waals surface area (Å²) < 4.78 is 5.10. The second-order valence-electron chi connectivity index (χ2n) is 4.52. The first-order valence-corrected chi connectivity index (χ1v) is 6.51. The minimum Gasteiger partial charge on any atom is -0.495 e. The molecule has 1 heterocycles. The van der Waals surface area contributed by atoms with Crippen molar-refractivity contribution in [1.29, 1.82) is 0 Å². The fraction of sp³-hybridized carbons (Fsp3) is 0.308. The molecule has 0 spiro atoms. The van der Waals surface area contributed by atoms with Crippen molar-refractivity contribution in [1.82, 2.24) is 10.4 Å². The number of rotatable bonds is 4. The van der Waals surface area contributed by atoms with Gasteiger partial charge in [0.05, 0.1) is 12.8 Å². The number of nitrogens with one attached hydrogen (secondary N) is 2. The molecule has 1 aliphatic rings. The van der Waals surface area contributed by atoms with Crippen LogP contribution >= 0.6 is 11.6 Å². The molecule has 0 radical (unpaired) electrons. The normalized spacial score (nSPS) is 17.7. The van der Waals surface area contributed by atoms with E-state index in [4.69, 9.17) is 16.3 Å². The second kappa shape index (κ2) is 6.01. The lowest BCUT2D eigenvalue weighted by Crippen LogP contribution is -2.31. The van der Waals surface area contributed by atoms with Crippen LogP contribution in [0.3, 0.4) is 0 Å². The first-order chi connectivity index (χ1) is 9.92. The van der Waals surface area contributed by atoms with Crippen LogP contribution in [0.1, 0.15) is 6.42 Å². The predicted octanol–water partition coefficient (Wildman–Crippen LogP) is 0.797. The summed E-state index contributed by atoms with van der Waals surface area (Å²) in [7, 11) is 2.89. The van der Waals surface area contributed by atoms with E-state index in [9.17, 15) is 14.4 Å². The third-order valence-electron chi connectivity index (χ3n) is 3.05. The van der Waals surface area contributed by atoms with E-state index in [0.29, 0.717) is 16.5 Å². The van der Waals surface area contributed by atoms with Gasteiger partial charge in [-0.05, 0) is 18.2 Å². The average molecular weight is 312 g/mol. The van der Waals surface area contributed by atoms with E-state index in [0.717, 1.165) is 5.01 Å². The van der Waals surface area contributed by atoms with Gasteiger partial charge in [0, 0.05) is 18.5 Å². The zero-order valence-electron chi connectivity index (χ0n) is 11.5. The molecule has 0 bridgehead atoms. The molecule has 1 fully saturated rings. The summed E-state index contributed by atoms with van der Waals surface area (Å²) in [5.41, 5.74) is 2.72. The highest BCUT2D eigenvalue weighted by atomic mass is 35.5. The molecule has 1 saturated heterocycles. The Morgan fingerprint density at radius 3 is 2.76 bits per heavy atom. The quantitative estimate of drug-likeness (QED) is 0.805. The maximum atomic E-state index is 12.0. The van der Waals surface area contributed by atoms with Crippen molar-refractivity contribution >= 4 is 35.0 Å². The summed E-state index contributed by atoms with van der Waals surface area (Å²) in [6.07, 6.45) is -0.245. The van der Waals surface area contributed by atoms with Gasteiger partial charge in [-0.2, -0.15) is 0 Å². The molecule has 0 aromatic heterocycles. The third kappa shape index (κ3) is 3.25. The maximum Gasteiger partial charge on any atom is 0.253 e. The molecule has 0 aliphatic carbocycles. The largest absolute Gasteiger partial charge is 0.495 e. The predicted molar refractivity (Wildman–Crippen MR) is 75.7 cm³/mol. The molecule has 2 N–H and O–H groups in total. The minimum absolute atomic E-state index is 0.245. The molecular weight excluding hydrogens is 298 g/mol. The summed E-state index contributed by atoms with van der Waals surface area (Å²) in [4.78, 5) is 35.2. The van der Waals surface area contributed by atoms with Gasteiger partial charge in [0.1, 0.15) is 11.7 Å². The Kier molecular flexibility index (Phi) is 4.32. The van der Waals surface area contributed by atoms with Crippen molar-refractivity contribution in [3.05, 3.63) is 23.2 Å². The summed E-state index contributed by atoms with van der Waals surface area (Å²) >= 11 is 5.86. The van der Waals surface area contributed by atoms with Crippen molar-refractivity contribution in [3.63, 3.8) is 0 Å². The van der Waals surface area contributed by atoms with Crippen molar-refractivity contribution in [3.8, 4) is 5.75 Å². The Morgan fingerprint density at radius 1 is 1.48 bits per heavy atom. The minimum atomic E-state index is -1.01. The van der Waals surface area contributed by atoms with Crippen LogP contribution in [0.5, 0.6) is 5.75 Å². The van der Waals surface area contributed by atoms with Gasteiger partial charge in [0.25, 0.3) is 11.8 Å². The number of hydrogen-bond acceptors (Lipinski definition) is 4. The molecular formula is C13H14ClN3O4. The van der Waals surface area contributed by atoms with Crippen LogP contribution < -0.4 is 15.5 Å². The number of benzene rings is 1. The van der Waals surface area contributed by atoms with Crippen LogP contribution in [-0.2, 0) is 14.4 Å². The number of methoxy groups -OCH3 is 1. The van der Waals surface area contributed by atoms with Crippen molar-refractivity contribution < 1.29 is 19.1 Å². The lowest BCUT2D eigenvalue weighted by atomic mass is 10.0. The number of amides is 3. The van der Waals surface area contributed by atoms with E-state index >= 15 is 0 Å². The third-order valence-corrected chi connectivity index (χ3v) is 3.28. The van der Waals surface area contributed by atoms with Gasteiger partial charge in [0.2, 0.25) is 5.91 Å². The Morgan fingerprint density at radius 2 is 2.19 bits per heavy atom. The molecule has 21 heavy (non-hydrogen) atoms. The zero-order chi connectivity index (χ0) is 15.6. The fourth-order valence-corrected chi connectivity index (χ4v) is 2.16. The summed E-state index contributed by atoms with van der Waals surface area (Å²) in [5.74, 6) is -1.98. The van der Waals surface area contributed by atoms with Gasteiger partial charge < -0.3 is 10.1 Å². The van der Waals surface area contributed by atoms with Gasteiger partial charge in [-0.15, -0.1) is 0 Å². The SMILES string of the molecule is COc1ccc(Cl)cc1NC(=O)CC1C(=O)NN(C)C1=O. The standard InChI is InChI=1S/C13H14ClN3O4/c1-17-13(20)8(12(19)16-17)6-11(18)15-9-5-7(14)3-4-10(9)21-2/h3-5,8H,6H2,1-2H3,(H,15,18)(H,16,19).